The van der Waals surface area contributed by atoms with Gasteiger partial charge in [-0.3, -0.25) is 11.3 Å². The van der Waals surface area contributed by atoms with Crippen molar-refractivity contribution in [1.29, 1.82) is 0 Å². The quantitative estimate of drug-likeness (QED) is 0.576. The van der Waals surface area contributed by atoms with Gasteiger partial charge >= 0.3 is 0 Å². The van der Waals surface area contributed by atoms with E-state index in [1.54, 1.807) is 0 Å². The fraction of sp³-hybridized carbons (Fsp3) is 0.600. The second kappa shape index (κ2) is 6.70. The average molecular weight is 390 g/mol. The van der Waals surface area contributed by atoms with E-state index in [1.165, 1.54) is 24.8 Å². The zero-order chi connectivity index (χ0) is 14.0. The van der Waals surface area contributed by atoms with Crippen LogP contribution in [0.2, 0.25) is 0 Å². The molecule has 0 bridgehead atoms. The van der Waals surface area contributed by atoms with Crippen molar-refractivity contribution in [3.63, 3.8) is 0 Å². The molecule has 19 heavy (non-hydrogen) atoms. The molecule has 3 N–H and O–H groups in total. The van der Waals surface area contributed by atoms with Crippen LogP contribution in [-0.4, -0.2) is 0 Å². The molecule has 1 aromatic carbocycles. The van der Waals surface area contributed by atoms with Crippen molar-refractivity contribution in [2.75, 3.05) is 0 Å². The third-order valence-corrected chi connectivity index (χ3v) is 5.77. The van der Waals surface area contributed by atoms with Crippen LogP contribution in [0, 0.1) is 17.8 Å². The molecule has 1 fully saturated rings. The van der Waals surface area contributed by atoms with Gasteiger partial charge in [0, 0.05) is 15.0 Å². The summed E-state index contributed by atoms with van der Waals surface area (Å²) >= 11 is 7.16. The van der Waals surface area contributed by atoms with Crippen molar-refractivity contribution < 1.29 is 0 Å². The van der Waals surface area contributed by atoms with Crippen LogP contribution in [0.4, 0.5) is 0 Å². The highest BCUT2D eigenvalue weighted by Crippen LogP contribution is 2.41. The van der Waals surface area contributed by atoms with Gasteiger partial charge in [-0.2, -0.15) is 0 Å². The number of hydrogen-bond acceptors (Lipinski definition) is 2. The molecular weight excluding hydrogens is 368 g/mol. The Bertz CT molecular complexity index is 436. The fourth-order valence-electron chi connectivity index (χ4n) is 3.13. The van der Waals surface area contributed by atoms with Crippen LogP contribution in [0.3, 0.4) is 0 Å². The number of hydrogen-bond donors (Lipinski definition) is 2. The maximum Gasteiger partial charge on any atom is 0.0499 e. The van der Waals surface area contributed by atoms with Crippen LogP contribution >= 0.6 is 31.9 Å². The lowest BCUT2D eigenvalue weighted by Crippen LogP contribution is -2.37. The van der Waals surface area contributed by atoms with E-state index < -0.39 is 0 Å². The van der Waals surface area contributed by atoms with Crippen molar-refractivity contribution in [3.8, 4) is 0 Å². The average Bonchev–Trinajstić information content (AvgIpc) is 2.37. The molecule has 4 unspecified atom stereocenters. The van der Waals surface area contributed by atoms with Crippen molar-refractivity contribution in [2.45, 2.75) is 39.2 Å². The fourth-order valence-corrected chi connectivity index (χ4v) is 4.42. The lowest BCUT2D eigenvalue weighted by Gasteiger charge is -2.37. The van der Waals surface area contributed by atoms with Crippen molar-refractivity contribution in [1.82, 2.24) is 5.43 Å². The molecule has 0 radical (unpaired) electrons. The summed E-state index contributed by atoms with van der Waals surface area (Å²) in [5.74, 6) is 8.08. The lowest BCUT2D eigenvalue weighted by atomic mass is 9.72. The smallest absolute Gasteiger partial charge is 0.0499 e. The summed E-state index contributed by atoms with van der Waals surface area (Å²) in [5, 5.41) is 0. The second-order valence-electron chi connectivity index (χ2n) is 5.84. The van der Waals surface area contributed by atoms with Gasteiger partial charge in [0.1, 0.15) is 0 Å². The molecule has 0 spiro atoms. The minimum absolute atomic E-state index is 0.234. The third kappa shape index (κ3) is 3.60. The van der Waals surface area contributed by atoms with Crippen molar-refractivity contribution in [3.05, 3.63) is 32.7 Å². The predicted octanol–water partition coefficient (Wildman–Crippen LogP) is 4.79. The van der Waals surface area contributed by atoms with E-state index >= 15 is 0 Å². The molecular formula is C15H22Br2N2. The standard InChI is InChI=1S/C15H22Br2N2/c1-9-3-4-11(7-10(9)2)15(19-18)13-6-5-12(16)8-14(13)17/h5-6,8-11,15,19H,3-4,7,18H2,1-2H3. The Labute approximate surface area is 132 Å². The van der Waals surface area contributed by atoms with Crippen LogP contribution < -0.4 is 11.3 Å². The van der Waals surface area contributed by atoms with Crippen LogP contribution in [0.5, 0.6) is 0 Å². The Morgan fingerprint density at radius 3 is 2.53 bits per heavy atom. The minimum atomic E-state index is 0.234. The third-order valence-electron chi connectivity index (χ3n) is 4.59. The summed E-state index contributed by atoms with van der Waals surface area (Å²) in [6.45, 7) is 4.72. The first-order chi connectivity index (χ1) is 9.02. The van der Waals surface area contributed by atoms with E-state index in [0.717, 1.165) is 20.8 Å². The van der Waals surface area contributed by atoms with Crippen LogP contribution in [0.1, 0.15) is 44.7 Å². The molecule has 1 aliphatic carbocycles. The molecule has 2 nitrogen and oxygen atoms in total. The Kier molecular flexibility index (Phi) is 5.46. The summed E-state index contributed by atoms with van der Waals surface area (Å²) < 4.78 is 2.21. The maximum atomic E-state index is 5.84. The van der Waals surface area contributed by atoms with Gasteiger partial charge in [0.15, 0.2) is 0 Å². The first-order valence-corrected chi connectivity index (χ1v) is 8.52. The minimum Gasteiger partial charge on any atom is -0.271 e. The summed E-state index contributed by atoms with van der Waals surface area (Å²) in [6.07, 6.45) is 3.81. The molecule has 4 atom stereocenters. The van der Waals surface area contributed by atoms with E-state index in [2.05, 4.69) is 69.3 Å². The highest BCUT2D eigenvalue weighted by atomic mass is 79.9. The molecule has 1 aliphatic rings. The summed E-state index contributed by atoms with van der Waals surface area (Å²) in [6, 6.07) is 6.56. The number of nitrogens with one attached hydrogen (secondary N) is 1. The summed E-state index contributed by atoms with van der Waals surface area (Å²) in [4.78, 5) is 0. The lowest BCUT2D eigenvalue weighted by molar-refractivity contribution is 0.171. The molecule has 2 rings (SSSR count). The largest absolute Gasteiger partial charge is 0.271 e. The van der Waals surface area contributed by atoms with Crippen molar-refractivity contribution >= 4 is 31.9 Å². The predicted molar refractivity (Wildman–Crippen MR) is 87.6 cm³/mol. The number of benzene rings is 1. The SMILES string of the molecule is CC1CCC(C(NN)c2ccc(Br)cc2Br)CC1C. The van der Waals surface area contributed by atoms with Crippen LogP contribution in [0.25, 0.3) is 0 Å². The maximum absolute atomic E-state index is 5.84. The molecule has 0 aliphatic heterocycles. The van der Waals surface area contributed by atoms with Gasteiger partial charge in [0.2, 0.25) is 0 Å². The Balaban J connectivity index is 2.20. The Morgan fingerprint density at radius 2 is 1.95 bits per heavy atom. The molecule has 0 aromatic heterocycles. The molecule has 0 amide bonds. The number of nitrogens with two attached hydrogens (primary N) is 1. The highest BCUT2D eigenvalue weighted by molar-refractivity contribution is 9.11. The first kappa shape index (κ1) is 15.5. The highest BCUT2D eigenvalue weighted by Gasteiger charge is 2.31. The van der Waals surface area contributed by atoms with Gasteiger partial charge in [0.05, 0.1) is 0 Å². The Morgan fingerprint density at radius 1 is 1.21 bits per heavy atom. The van der Waals surface area contributed by atoms with E-state index in [9.17, 15) is 0 Å². The molecule has 1 saturated carbocycles. The zero-order valence-corrected chi connectivity index (χ0v) is 14.7. The van der Waals surface area contributed by atoms with Gasteiger partial charge in [-0.05, 0) is 48.3 Å². The van der Waals surface area contributed by atoms with E-state index in [4.69, 9.17) is 5.84 Å². The normalized spacial score (nSPS) is 29.2. The van der Waals surface area contributed by atoms with E-state index in [-0.39, 0.29) is 6.04 Å². The monoisotopic (exact) mass is 388 g/mol. The number of hydrazine groups is 1. The van der Waals surface area contributed by atoms with Gasteiger partial charge in [-0.15, -0.1) is 0 Å². The Hall–Kier alpha value is 0.1000. The van der Waals surface area contributed by atoms with E-state index in [1.807, 2.05) is 0 Å². The zero-order valence-electron chi connectivity index (χ0n) is 11.5. The number of rotatable bonds is 3. The van der Waals surface area contributed by atoms with Gasteiger partial charge in [-0.25, -0.2) is 0 Å². The molecule has 1 aromatic rings. The first-order valence-electron chi connectivity index (χ1n) is 6.94. The molecule has 4 heteroatoms. The number of halogens is 2. The second-order valence-corrected chi connectivity index (χ2v) is 7.61. The van der Waals surface area contributed by atoms with Gasteiger partial charge in [-0.1, -0.05) is 58.2 Å². The van der Waals surface area contributed by atoms with E-state index in [0.29, 0.717) is 5.92 Å². The van der Waals surface area contributed by atoms with Gasteiger partial charge < -0.3 is 0 Å². The topological polar surface area (TPSA) is 38.0 Å². The summed E-state index contributed by atoms with van der Waals surface area (Å²) in [7, 11) is 0. The summed E-state index contributed by atoms with van der Waals surface area (Å²) in [5.41, 5.74) is 4.30. The van der Waals surface area contributed by atoms with Crippen LogP contribution in [0.15, 0.2) is 27.1 Å². The van der Waals surface area contributed by atoms with Crippen LogP contribution in [-0.2, 0) is 0 Å². The molecule has 106 valence electrons. The molecule has 0 heterocycles. The van der Waals surface area contributed by atoms with Crippen molar-refractivity contribution in [2.24, 2.45) is 23.6 Å². The van der Waals surface area contributed by atoms with Gasteiger partial charge in [0.25, 0.3) is 0 Å². The molecule has 0 saturated heterocycles.